The fourth-order valence-corrected chi connectivity index (χ4v) is 3.15. The summed E-state index contributed by atoms with van der Waals surface area (Å²) in [5, 5.41) is -0.558. The van der Waals surface area contributed by atoms with E-state index in [-0.39, 0.29) is 23.8 Å². The maximum atomic E-state index is 12.9. The third-order valence-electron chi connectivity index (χ3n) is 3.49. The summed E-state index contributed by atoms with van der Waals surface area (Å²) in [4.78, 5) is 12.3. The molecule has 0 aromatic heterocycles. The van der Waals surface area contributed by atoms with Gasteiger partial charge in [0.15, 0.2) is 5.25 Å². The zero-order valence-electron chi connectivity index (χ0n) is 13.5. The molecule has 0 heterocycles. The summed E-state index contributed by atoms with van der Waals surface area (Å²) in [5.74, 6) is -1.53. The average Bonchev–Trinajstić information content (AvgIpc) is 2.52. The number of rotatable bonds is 4. The molecule has 0 spiro atoms. The zero-order valence-corrected chi connectivity index (χ0v) is 14.4. The second-order valence-corrected chi connectivity index (χ2v) is 7.09. The average molecular weight is 427 g/mol. The third kappa shape index (κ3) is 5.23. The van der Waals surface area contributed by atoms with E-state index in [1.165, 1.54) is 18.2 Å². The minimum atomic E-state index is -5.15. The first-order chi connectivity index (χ1) is 12.7. The van der Waals surface area contributed by atoms with Crippen LogP contribution in [-0.2, 0) is 27.3 Å². The predicted molar refractivity (Wildman–Crippen MR) is 85.8 cm³/mol. The topological polar surface area (TPSA) is 83.5 Å². The highest BCUT2D eigenvalue weighted by atomic mass is 32.2. The van der Waals surface area contributed by atoms with E-state index in [1.54, 1.807) is 5.32 Å². The summed E-state index contributed by atoms with van der Waals surface area (Å²) in [5.41, 5.74) is -4.55. The summed E-state index contributed by atoms with van der Waals surface area (Å²) < 4.78 is 110. The van der Waals surface area contributed by atoms with Crippen LogP contribution in [0.25, 0.3) is 0 Å². The van der Waals surface area contributed by atoms with Gasteiger partial charge in [-0.25, -0.2) is 0 Å². The van der Waals surface area contributed by atoms with E-state index in [9.17, 15) is 44.1 Å². The quantitative estimate of drug-likeness (QED) is 0.563. The second kappa shape index (κ2) is 7.43. The lowest BCUT2D eigenvalue weighted by molar-refractivity contribution is -0.143. The molecular formula is C16H11F6NO4S. The van der Waals surface area contributed by atoms with E-state index in [4.69, 9.17) is 0 Å². The van der Waals surface area contributed by atoms with Gasteiger partial charge in [0.2, 0.25) is 5.91 Å². The molecule has 0 aliphatic heterocycles. The molecule has 0 aliphatic carbocycles. The number of carbonyl (C=O) groups excluding carboxylic acids is 1. The fraction of sp³-hybridized carbons (Fsp3) is 0.188. The SMILES string of the molecule is O=C(Nc1cc(C(F)(F)F)cc(C(F)(F)F)c1)C(c1ccccc1)S(=O)(=O)O. The summed E-state index contributed by atoms with van der Waals surface area (Å²) in [6, 6.07) is 6.70. The van der Waals surface area contributed by atoms with Crippen molar-refractivity contribution in [3.05, 3.63) is 65.2 Å². The van der Waals surface area contributed by atoms with Gasteiger partial charge in [-0.05, 0) is 23.8 Å². The summed E-state index contributed by atoms with van der Waals surface area (Å²) >= 11 is 0. The van der Waals surface area contributed by atoms with Gasteiger partial charge >= 0.3 is 12.4 Å². The molecule has 2 aromatic rings. The van der Waals surface area contributed by atoms with Gasteiger partial charge in [-0.2, -0.15) is 34.8 Å². The fourth-order valence-electron chi connectivity index (χ4n) is 2.32. The van der Waals surface area contributed by atoms with Crippen LogP contribution in [0.5, 0.6) is 0 Å². The molecule has 1 amide bonds. The van der Waals surface area contributed by atoms with Gasteiger partial charge in [-0.3, -0.25) is 9.35 Å². The van der Waals surface area contributed by atoms with Crippen molar-refractivity contribution in [3.63, 3.8) is 0 Å². The van der Waals surface area contributed by atoms with E-state index in [0.29, 0.717) is 0 Å². The van der Waals surface area contributed by atoms with Gasteiger partial charge < -0.3 is 5.32 Å². The molecule has 0 fully saturated rings. The number of anilines is 1. The lowest BCUT2D eigenvalue weighted by atomic mass is 10.1. The van der Waals surface area contributed by atoms with Crippen molar-refractivity contribution < 1.29 is 44.1 Å². The predicted octanol–water partition coefficient (Wildman–Crippen LogP) is 4.29. The van der Waals surface area contributed by atoms with E-state index in [2.05, 4.69) is 0 Å². The molecule has 28 heavy (non-hydrogen) atoms. The molecular weight excluding hydrogens is 416 g/mol. The number of hydrogen-bond acceptors (Lipinski definition) is 3. The van der Waals surface area contributed by atoms with Crippen LogP contribution in [0.2, 0.25) is 0 Å². The molecule has 0 saturated carbocycles. The van der Waals surface area contributed by atoms with Crippen LogP contribution in [0.4, 0.5) is 32.0 Å². The van der Waals surface area contributed by atoms with Crippen molar-refractivity contribution in [1.29, 1.82) is 0 Å². The molecule has 0 bridgehead atoms. The molecule has 152 valence electrons. The summed E-state index contributed by atoms with van der Waals surface area (Å²) in [6.07, 6.45) is -10.3. The molecule has 1 atom stereocenters. The van der Waals surface area contributed by atoms with Crippen molar-refractivity contribution in [2.75, 3.05) is 5.32 Å². The number of nitrogens with one attached hydrogen (secondary N) is 1. The van der Waals surface area contributed by atoms with E-state index in [0.717, 1.165) is 12.1 Å². The molecule has 5 nitrogen and oxygen atoms in total. The molecule has 2 aromatic carbocycles. The van der Waals surface area contributed by atoms with E-state index >= 15 is 0 Å². The lowest BCUT2D eigenvalue weighted by Gasteiger charge is -2.17. The van der Waals surface area contributed by atoms with Crippen molar-refractivity contribution in [3.8, 4) is 0 Å². The Labute approximate surface area is 154 Å². The summed E-state index contributed by atoms with van der Waals surface area (Å²) in [6.45, 7) is 0. The van der Waals surface area contributed by atoms with Gasteiger partial charge in [-0.15, -0.1) is 0 Å². The highest BCUT2D eigenvalue weighted by Gasteiger charge is 2.38. The van der Waals surface area contributed by atoms with Crippen LogP contribution < -0.4 is 5.32 Å². The molecule has 2 rings (SSSR count). The van der Waals surface area contributed by atoms with Crippen LogP contribution in [0.3, 0.4) is 0 Å². The molecule has 0 saturated heterocycles. The van der Waals surface area contributed by atoms with Crippen LogP contribution in [-0.4, -0.2) is 18.9 Å². The lowest BCUT2D eigenvalue weighted by Crippen LogP contribution is -2.28. The monoisotopic (exact) mass is 427 g/mol. The number of alkyl halides is 6. The first-order valence-corrected chi connectivity index (χ1v) is 8.81. The van der Waals surface area contributed by atoms with E-state index < -0.39 is 50.4 Å². The van der Waals surface area contributed by atoms with Crippen molar-refractivity contribution in [2.24, 2.45) is 0 Å². The van der Waals surface area contributed by atoms with Crippen molar-refractivity contribution in [1.82, 2.24) is 0 Å². The highest BCUT2D eigenvalue weighted by Crippen LogP contribution is 2.38. The van der Waals surface area contributed by atoms with Crippen molar-refractivity contribution in [2.45, 2.75) is 17.6 Å². The van der Waals surface area contributed by atoms with Crippen LogP contribution in [0.1, 0.15) is 21.9 Å². The standard InChI is InChI=1S/C16H11F6NO4S/c17-15(18,19)10-6-11(16(20,21)22)8-12(7-10)23-14(24)13(28(25,26)27)9-4-2-1-3-5-9/h1-8,13H,(H,23,24)(H,25,26,27). The number of carbonyl (C=O) groups is 1. The molecule has 0 radical (unpaired) electrons. The highest BCUT2D eigenvalue weighted by molar-refractivity contribution is 7.86. The van der Waals surface area contributed by atoms with Gasteiger partial charge in [-0.1, -0.05) is 30.3 Å². The largest absolute Gasteiger partial charge is 0.416 e. The van der Waals surface area contributed by atoms with Crippen LogP contribution >= 0.6 is 0 Å². The Hall–Kier alpha value is -2.60. The van der Waals surface area contributed by atoms with Gasteiger partial charge in [0.05, 0.1) is 11.1 Å². The van der Waals surface area contributed by atoms with Gasteiger partial charge in [0, 0.05) is 5.69 Å². The molecule has 2 N–H and O–H groups in total. The van der Waals surface area contributed by atoms with E-state index in [1.807, 2.05) is 0 Å². The Kier molecular flexibility index (Phi) is 5.76. The van der Waals surface area contributed by atoms with Crippen molar-refractivity contribution >= 4 is 21.7 Å². The minimum absolute atomic E-state index is 0.146. The second-order valence-electron chi connectivity index (χ2n) is 5.59. The maximum Gasteiger partial charge on any atom is 0.416 e. The van der Waals surface area contributed by atoms with Crippen LogP contribution in [0, 0.1) is 0 Å². The Bertz CT molecular complexity index is 939. The Balaban J connectivity index is 2.49. The maximum absolute atomic E-state index is 12.9. The van der Waals surface area contributed by atoms with Gasteiger partial charge in [0.1, 0.15) is 0 Å². The normalized spacial score (nSPS) is 13.8. The smallest absolute Gasteiger partial charge is 0.325 e. The Morgan fingerprint density at radius 3 is 1.75 bits per heavy atom. The molecule has 12 heteroatoms. The van der Waals surface area contributed by atoms with Crippen LogP contribution in [0.15, 0.2) is 48.5 Å². The number of halogens is 6. The molecule has 1 unspecified atom stereocenters. The number of amides is 1. The molecule has 0 aliphatic rings. The number of benzene rings is 2. The minimum Gasteiger partial charge on any atom is -0.325 e. The Morgan fingerprint density at radius 2 is 1.36 bits per heavy atom. The number of hydrogen-bond donors (Lipinski definition) is 2. The van der Waals surface area contributed by atoms with Gasteiger partial charge in [0.25, 0.3) is 10.1 Å². The zero-order chi connectivity index (χ0) is 21.3. The first kappa shape index (κ1) is 21.7. The summed E-state index contributed by atoms with van der Waals surface area (Å²) in [7, 11) is -5.07. The third-order valence-corrected chi connectivity index (χ3v) is 4.58. The Morgan fingerprint density at radius 1 is 0.893 bits per heavy atom. The first-order valence-electron chi connectivity index (χ1n) is 7.31.